The number of hydrogen-bond acceptors (Lipinski definition) is 5. The summed E-state index contributed by atoms with van der Waals surface area (Å²) in [5.41, 5.74) is 8.84. The summed E-state index contributed by atoms with van der Waals surface area (Å²) in [6.07, 6.45) is 4.48. The maximum atomic E-state index is 12.1. The molecule has 0 saturated carbocycles. The molecule has 1 aliphatic heterocycles. The van der Waals surface area contributed by atoms with Crippen LogP contribution in [0, 0.1) is 30.6 Å². The van der Waals surface area contributed by atoms with Gasteiger partial charge in [-0.2, -0.15) is 0 Å². The maximum Gasteiger partial charge on any atom is 0.318 e. The van der Waals surface area contributed by atoms with Gasteiger partial charge in [-0.25, -0.2) is 0 Å². The topological polar surface area (TPSA) is 70.8 Å². The van der Waals surface area contributed by atoms with Crippen LogP contribution >= 0.6 is 0 Å². The largest absolute Gasteiger partial charge is 0.493 e. The predicted octanol–water partition coefficient (Wildman–Crippen LogP) is 4.66. The minimum absolute atomic E-state index is 0.176. The van der Waals surface area contributed by atoms with Crippen molar-refractivity contribution in [3.63, 3.8) is 0 Å². The van der Waals surface area contributed by atoms with Gasteiger partial charge in [-0.05, 0) is 60.8 Å². The van der Waals surface area contributed by atoms with Crippen LogP contribution in [0.15, 0.2) is 30.0 Å². The summed E-state index contributed by atoms with van der Waals surface area (Å²) in [4.78, 5) is 12.1. The Hall–Kier alpha value is -1.85. The van der Waals surface area contributed by atoms with Crippen LogP contribution in [0.5, 0.6) is 5.75 Å². The summed E-state index contributed by atoms with van der Waals surface area (Å²) in [6.45, 7) is 11.9. The van der Waals surface area contributed by atoms with Gasteiger partial charge in [0.15, 0.2) is 0 Å². The average molecular weight is 418 g/mol. The monoisotopic (exact) mass is 417 g/mol. The van der Waals surface area contributed by atoms with Crippen LogP contribution < -0.4 is 10.5 Å². The van der Waals surface area contributed by atoms with Gasteiger partial charge in [0.2, 0.25) is 0 Å². The van der Waals surface area contributed by atoms with Crippen molar-refractivity contribution in [3.05, 3.63) is 41.2 Å². The van der Waals surface area contributed by atoms with E-state index < -0.39 is 0 Å². The van der Waals surface area contributed by atoms with E-state index in [1.807, 2.05) is 19.9 Å². The van der Waals surface area contributed by atoms with Gasteiger partial charge >= 0.3 is 5.97 Å². The third-order valence-electron chi connectivity index (χ3n) is 5.92. The van der Waals surface area contributed by atoms with Crippen LogP contribution in [-0.2, 0) is 20.7 Å². The van der Waals surface area contributed by atoms with Crippen LogP contribution in [0.1, 0.15) is 51.7 Å². The fraction of sp³-hybridized carbons (Fsp3) is 0.640. The second-order valence-electron chi connectivity index (χ2n) is 9.11. The van der Waals surface area contributed by atoms with Gasteiger partial charge in [-0.15, -0.1) is 0 Å². The molecule has 0 bridgehead atoms. The number of cyclic esters (lactones) is 1. The SMILES string of the molecule is COCCCOc1cc(C[C@@H](C[C@H](N)C2=C[C@H](C(C)C)C(=O)O2)C(C)C)ccc1C. The Labute approximate surface area is 182 Å². The molecule has 0 saturated heterocycles. The van der Waals surface area contributed by atoms with E-state index in [4.69, 9.17) is 19.9 Å². The molecule has 3 atom stereocenters. The highest BCUT2D eigenvalue weighted by Crippen LogP contribution is 2.31. The molecule has 0 aliphatic carbocycles. The molecule has 0 spiro atoms. The van der Waals surface area contributed by atoms with E-state index in [0.29, 0.717) is 30.8 Å². The highest BCUT2D eigenvalue weighted by Gasteiger charge is 2.33. The third-order valence-corrected chi connectivity index (χ3v) is 5.92. The second kappa shape index (κ2) is 11.5. The van der Waals surface area contributed by atoms with E-state index in [9.17, 15) is 4.79 Å². The van der Waals surface area contributed by atoms with Gasteiger partial charge in [0.25, 0.3) is 0 Å². The molecule has 2 N–H and O–H groups in total. The fourth-order valence-electron chi connectivity index (χ4n) is 3.78. The van der Waals surface area contributed by atoms with Crippen molar-refractivity contribution in [1.29, 1.82) is 0 Å². The van der Waals surface area contributed by atoms with E-state index in [1.165, 1.54) is 5.56 Å². The van der Waals surface area contributed by atoms with E-state index in [-0.39, 0.29) is 23.8 Å². The van der Waals surface area contributed by atoms with Crippen molar-refractivity contribution in [1.82, 2.24) is 0 Å². The lowest BCUT2D eigenvalue weighted by molar-refractivity contribution is -0.141. The molecule has 0 aromatic heterocycles. The van der Waals surface area contributed by atoms with Crippen molar-refractivity contribution < 1.29 is 19.0 Å². The standard InChI is InChI=1S/C25H39NO4/c1-16(2)20(14-22(26)24-15-21(17(3)4)25(27)30-24)12-19-9-8-18(5)23(13-19)29-11-7-10-28-6/h8-9,13,15-17,20-22H,7,10-12,14,26H2,1-6H3/t20-,21+,22-/m0/s1. The number of benzene rings is 1. The molecule has 30 heavy (non-hydrogen) atoms. The summed E-state index contributed by atoms with van der Waals surface area (Å²) >= 11 is 0. The summed E-state index contributed by atoms with van der Waals surface area (Å²) < 4.78 is 16.5. The lowest BCUT2D eigenvalue weighted by atomic mass is 9.83. The smallest absolute Gasteiger partial charge is 0.318 e. The van der Waals surface area contributed by atoms with E-state index in [0.717, 1.165) is 30.6 Å². The van der Waals surface area contributed by atoms with Crippen LogP contribution in [0.25, 0.3) is 0 Å². The highest BCUT2D eigenvalue weighted by atomic mass is 16.5. The third kappa shape index (κ3) is 6.85. The number of ether oxygens (including phenoxy) is 3. The van der Waals surface area contributed by atoms with Crippen molar-refractivity contribution in [2.24, 2.45) is 29.4 Å². The first-order valence-electron chi connectivity index (χ1n) is 11.1. The lowest BCUT2D eigenvalue weighted by Gasteiger charge is -2.25. The molecule has 0 amide bonds. The average Bonchev–Trinajstić information content (AvgIpc) is 3.09. The number of rotatable bonds is 12. The maximum absolute atomic E-state index is 12.1. The van der Waals surface area contributed by atoms with E-state index >= 15 is 0 Å². The molecule has 0 unspecified atom stereocenters. The summed E-state index contributed by atoms with van der Waals surface area (Å²) in [6, 6.07) is 6.17. The molecular formula is C25H39NO4. The normalized spacial score (nSPS) is 18.5. The van der Waals surface area contributed by atoms with Crippen LogP contribution in [-0.4, -0.2) is 32.3 Å². The summed E-state index contributed by atoms with van der Waals surface area (Å²) in [5, 5.41) is 0. The molecule has 5 nitrogen and oxygen atoms in total. The van der Waals surface area contributed by atoms with Crippen molar-refractivity contribution >= 4 is 5.97 Å². The van der Waals surface area contributed by atoms with Crippen molar-refractivity contribution in [2.75, 3.05) is 20.3 Å². The molecular weight excluding hydrogens is 378 g/mol. The zero-order chi connectivity index (χ0) is 22.3. The van der Waals surface area contributed by atoms with Gasteiger partial charge < -0.3 is 19.9 Å². The summed E-state index contributed by atoms with van der Waals surface area (Å²) in [5.74, 6) is 2.27. The number of nitrogens with two attached hydrogens (primary N) is 1. The Kier molecular flexibility index (Phi) is 9.37. The first kappa shape index (κ1) is 24.4. The molecule has 1 aliphatic rings. The van der Waals surface area contributed by atoms with Gasteiger partial charge in [0, 0.05) is 20.1 Å². The molecule has 0 radical (unpaired) electrons. The van der Waals surface area contributed by atoms with Gasteiger partial charge in [-0.3, -0.25) is 4.79 Å². The van der Waals surface area contributed by atoms with Crippen molar-refractivity contribution in [3.8, 4) is 5.75 Å². The Morgan fingerprint density at radius 2 is 1.90 bits per heavy atom. The molecule has 0 fully saturated rings. The van der Waals surface area contributed by atoms with Crippen LogP contribution in [0.3, 0.4) is 0 Å². The molecule has 1 heterocycles. The number of esters is 1. The minimum Gasteiger partial charge on any atom is -0.493 e. The zero-order valence-electron chi connectivity index (χ0n) is 19.4. The predicted molar refractivity (Wildman–Crippen MR) is 120 cm³/mol. The number of carbonyl (C=O) groups excluding carboxylic acids is 1. The van der Waals surface area contributed by atoms with Gasteiger partial charge in [0.1, 0.15) is 11.5 Å². The number of aryl methyl sites for hydroxylation is 1. The fourth-order valence-corrected chi connectivity index (χ4v) is 3.78. The molecule has 168 valence electrons. The number of methoxy groups -OCH3 is 1. The Morgan fingerprint density at radius 3 is 2.50 bits per heavy atom. The Morgan fingerprint density at radius 1 is 1.17 bits per heavy atom. The molecule has 5 heteroatoms. The van der Waals surface area contributed by atoms with Crippen LogP contribution in [0.2, 0.25) is 0 Å². The lowest BCUT2D eigenvalue weighted by Crippen LogP contribution is -2.29. The van der Waals surface area contributed by atoms with Gasteiger partial charge in [-0.1, -0.05) is 39.8 Å². The van der Waals surface area contributed by atoms with Crippen molar-refractivity contribution in [2.45, 2.75) is 59.9 Å². The number of hydrogen-bond donors (Lipinski definition) is 1. The van der Waals surface area contributed by atoms with E-state index in [1.54, 1.807) is 7.11 Å². The highest BCUT2D eigenvalue weighted by molar-refractivity contribution is 5.78. The quantitative estimate of drug-likeness (QED) is 0.396. The first-order valence-corrected chi connectivity index (χ1v) is 11.1. The number of carbonyl (C=O) groups is 1. The zero-order valence-corrected chi connectivity index (χ0v) is 19.4. The first-order chi connectivity index (χ1) is 14.2. The van der Waals surface area contributed by atoms with Gasteiger partial charge in [0.05, 0.1) is 18.6 Å². The Bertz CT molecular complexity index is 726. The molecule has 2 rings (SSSR count). The molecule has 1 aromatic rings. The minimum atomic E-state index is -0.264. The van der Waals surface area contributed by atoms with Crippen LogP contribution in [0.4, 0.5) is 0 Å². The summed E-state index contributed by atoms with van der Waals surface area (Å²) in [7, 11) is 1.70. The van der Waals surface area contributed by atoms with E-state index in [2.05, 4.69) is 39.0 Å². The molecule has 1 aromatic carbocycles. The second-order valence-corrected chi connectivity index (χ2v) is 9.11. The Balaban J connectivity index is 2.03.